The van der Waals surface area contributed by atoms with Gasteiger partial charge in [0.15, 0.2) is 0 Å². The number of hydrogen-bond acceptors (Lipinski definition) is 2. The summed E-state index contributed by atoms with van der Waals surface area (Å²) < 4.78 is 6.01. The van der Waals surface area contributed by atoms with Gasteiger partial charge in [-0.3, -0.25) is 0 Å². The zero-order valence-corrected chi connectivity index (χ0v) is 15.4. The fourth-order valence-electron chi connectivity index (χ4n) is 2.47. The van der Waals surface area contributed by atoms with E-state index in [9.17, 15) is 0 Å². The van der Waals surface area contributed by atoms with Crippen LogP contribution in [0.25, 0.3) is 0 Å². The summed E-state index contributed by atoms with van der Waals surface area (Å²) in [6.45, 7) is 3.16. The zero-order valence-electron chi connectivity index (χ0n) is 13.9. The number of ether oxygens (including phenoxy) is 1. The summed E-state index contributed by atoms with van der Waals surface area (Å²) in [5.41, 5.74) is 4.23. The summed E-state index contributed by atoms with van der Waals surface area (Å²) in [5, 5.41) is 4.70. The third-order valence-corrected chi connectivity index (χ3v) is 4.45. The van der Waals surface area contributed by atoms with E-state index in [1.54, 1.807) is 0 Å². The van der Waals surface area contributed by atoms with Crippen molar-refractivity contribution >= 4 is 28.9 Å². The Hall–Kier alpha value is -2.16. The topological polar surface area (TPSA) is 21.3 Å². The molecule has 0 aromatic heterocycles. The minimum Gasteiger partial charge on any atom is -0.489 e. The van der Waals surface area contributed by atoms with Gasteiger partial charge in [0.2, 0.25) is 0 Å². The van der Waals surface area contributed by atoms with Gasteiger partial charge in [-0.15, -0.1) is 0 Å². The van der Waals surface area contributed by atoms with E-state index in [-0.39, 0.29) is 0 Å². The Labute approximate surface area is 158 Å². The quantitative estimate of drug-likeness (QED) is 0.534. The number of hydrogen-bond donors (Lipinski definition) is 1. The summed E-state index contributed by atoms with van der Waals surface area (Å²) in [6, 6.07) is 21.6. The molecule has 0 spiro atoms. The molecule has 0 amide bonds. The first kappa shape index (κ1) is 17.7. The van der Waals surface area contributed by atoms with Crippen molar-refractivity contribution in [2.75, 3.05) is 5.32 Å². The highest BCUT2D eigenvalue weighted by molar-refractivity contribution is 6.33. The predicted octanol–water partition coefficient (Wildman–Crippen LogP) is 6.49. The Balaban J connectivity index is 1.71. The van der Waals surface area contributed by atoms with Gasteiger partial charge in [-0.05, 0) is 42.8 Å². The fourth-order valence-corrected chi connectivity index (χ4v) is 2.86. The van der Waals surface area contributed by atoms with Crippen LogP contribution in [0.5, 0.6) is 5.75 Å². The molecule has 0 saturated carbocycles. The van der Waals surface area contributed by atoms with E-state index in [2.05, 4.69) is 36.5 Å². The smallest absolute Gasteiger partial charge is 0.124 e. The lowest BCUT2D eigenvalue weighted by Crippen LogP contribution is -2.04. The normalized spacial score (nSPS) is 10.5. The van der Waals surface area contributed by atoms with Crippen LogP contribution in [-0.2, 0) is 13.2 Å². The third kappa shape index (κ3) is 4.91. The van der Waals surface area contributed by atoms with E-state index in [1.807, 2.05) is 42.5 Å². The minimum atomic E-state index is 0.515. The summed E-state index contributed by atoms with van der Waals surface area (Å²) >= 11 is 12.4. The minimum absolute atomic E-state index is 0.515. The molecule has 128 valence electrons. The van der Waals surface area contributed by atoms with E-state index in [4.69, 9.17) is 27.9 Å². The molecule has 0 aliphatic rings. The molecule has 0 radical (unpaired) electrons. The molecule has 4 heteroatoms. The highest BCUT2D eigenvalue weighted by Gasteiger charge is 2.07. The predicted molar refractivity (Wildman–Crippen MR) is 106 cm³/mol. The molecule has 0 aliphatic heterocycles. The van der Waals surface area contributed by atoms with Gasteiger partial charge in [0.05, 0.1) is 10.7 Å². The van der Waals surface area contributed by atoms with Crippen LogP contribution >= 0.6 is 23.2 Å². The molecule has 0 fully saturated rings. The van der Waals surface area contributed by atoms with E-state index in [1.165, 1.54) is 5.56 Å². The summed E-state index contributed by atoms with van der Waals surface area (Å²) in [4.78, 5) is 0. The number of nitrogens with one attached hydrogen (secondary N) is 1. The van der Waals surface area contributed by atoms with E-state index >= 15 is 0 Å². The molecular formula is C21H19Cl2NO. The van der Waals surface area contributed by atoms with Crippen molar-refractivity contribution in [2.24, 2.45) is 0 Å². The molecule has 3 rings (SSSR count). The van der Waals surface area contributed by atoms with Crippen LogP contribution in [0.2, 0.25) is 10.0 Å². The first-order valence-corrected chi connectivity index (χ1v) is 8.82. The fraction of sp³-hybridized carbons (Fsp3) is 0.143. The average Bonchev–Trinajstić information content (AvgIpc) is 2.61. The van der Waals surface area contributed by atoms with E-state index < -0.39 is 0 Å². The van der Waals surface area contributed by atoms with Crippen LogP contribution in [-0.4, -0.2) is 0 Å². The Morgan fingerprint density at radius 3 is 2.44 bits per heavy atom. The summed E-state index contributed by atoms with van der Waals surface area (Å²) in [6.07, 6.45) is 0. The molecule has 2 nitrogen and oxygen atoms in total. The zero-order chi connectivity index (χ0) is 17.6. The first-order valence-electron chi connectivity index (χ1n) is 8.07. The lowest BCUT2D eigenvalue weighted by Gasteiger charge is -2.14. The monoisotopic (exact) mass is 371 g/mol. The highest BCUT2D eigenvalue weighted by Crippen LogP contribution is 2.27. The first-order chi connectivity index (χ1) is 12.1. The van der Waals surface area contributed by atoms with Crippen molar-refractivity contribution in [3.05, 3.63) is 93.5 Å². The Morgan fingerprint density at radius 1 is 0.920 bits per heavy atom. The van der Waals surface area contributed by atoms with Gasteiger partial charge >= 0.3 is 0 Å². The molecule has 0 atom stereocenters. The lowest BCUT2D eigenvalue weighted by molar-refractivity contribution is 0.303. The second kappa shape index (κ2) is 8.28. The van der Waals surface area contributed by atoms with E-state index in [0.717, 1.165) is 22.6 Å². The van der Waals surface area contributed by atoms with Gasteiger partial charge in [-0.1, -0.05) is 65.2 Å². The molecule has 25 heavy (non-hydrogen) atoms. The standard InChI is InChI=1S/C21H19Cl2NO/c1-15-6-8-16(9-7-15)14-25-21-11-10-18(22)12-17(21)13-24-20-5-3-2-4-19(20)23/h2-12,24H,13-14H2,1H3. The van der Waals surface area contributed by atoms with E-state index in [0.29, 0.717) is 23.2 Å². The van der Waals surface area contributed by atoms with Crippen molar-refractivity contribution in [2.45, 2.75) is 20.1 Å². The third-order valence-electron chi connectivity index (χ3n) is 3.88. The molecular weight excluding hydrogens is 353 g/mol. The van der Waals surface area contributed by atoms with Gasteiger partial charge in [0.1, 0.15) is 12.4 Å². The molecule has 0 aliphatic carbocycles. The van der Waals surface area contributed by atoms with Crippen LogP contribution in [0.3, 0.4) is 0 Å². The number of halogens is 2. The lowest BCUT2D eigenvalue weighted by atomic mass is 10.1. The van der Waals surface area contributed by atoms with Crippen LogP contribution in [0, 0.1) is 6.92 Å². The van der Waals surface area contributed by atoms with Crippen molar-refractivity contribution in [1.82, 2.24) is 0 Å². The second-order valence-electron chi connectivity index (χ2n) is 5.86. The Bertz CT molecular complexity index is 847. The number of benzene rings is 3. The maximum atomic E-state index is 6.20. The molecule has 0 heterocycles. The maximum absolute atomic E-state index is 6.20. The highest BCUT2D eigenvalue weighted by atomic mass is 35.5. The van der Waals surface area contributed by atoms with Crippen molar-refractivity contribution in [3.8, 4) is 5.75 Å². The number of rotatable bonds is 6. The largest absolute Gasteiger partial charge is 0.489 e. The van der Waals surface area contributed by atoms with Crippen LogP contribution < -0.4 is 10.1 Å². The molecule has 3 aromatic rings. The molecule has 3 aromatic carbocycles. The number of para-hydroxylation sites is 1. The molecule has 0 saturated heterocycles. The van der Waals surface area contributed by atoms with Crippen LogP contribution in [0.4, 0.5) is 5.69 Å². The second-order valence-corrected chi connectivity index (χ2v) is 6.70. The van der Waals surface area contributed by atoms with Crippen molar-refractivity contribution < 1.29 is 4.74 Å². The summed E-state index contributed by atoms with van der Waals surface area (Å²) in [7, 11) is 0. The SMILES string of the molecule is Cc1ccc(COc2ccc(Cl)cc2CNc2ccccc2Cl)cc1. The van der Waals surface area contributed by atoms with Crippen LogP contribution in [0.15, 0.2) is 66.7 Å². The van der Waals surface area contributed by atoms with Gasteiger partial charge in [0, 0.05) is 17.1 Å². The molecule has 0 bridgehead atoms. The Kier molecular flexibility index (Phi) is 5.85. The van der Waals surface area contributed by atoms with Gasteiger partial charge < -0.3 is 10.1 Å². The van der Waals surface area contributed by atoms with Crippen LogP contribution in [0.1, 0.15) is 16.7 Å². The average molecular weight is 372 g/mol. The molecule has 0 unspecified atom stereocenters. The van der Waals surface area contributed by atoms with Crippen molar-refractivity contribution in [1.29, 1.82) is 0 Å². The van der Waals surface area contributed by atoms with Crippen molar-refractivity contribution in [3.63, 3.8) is 0 Å². The summed E-state index contributed by atoms with van der Waals surface area (Å²) in [5.74, 6) is 0.810. The van der Waals surface area contributed by atoms with Gasteiger partial charge in [-0.2, -0.15) is 0 Å². The number of anilines is 1. The van der Waals surface area contributed by atoms with Gasteiger partial charge in [0.25, 0.3) is 0 Å². The Morgan fingerprint density at radius 2 is 1.68 bits per heavy atom. The maximum Gasteiger partial charge on any atom is 0.124 e. The number of aryl methyl sites for hydroxylation is 1. The van der Waals surface area contributed by atoms with Gasteiger partial charge in [-0.25, -0.2) is 0 Å². The molecule has 1 N–H and O–H groups in total.